The van der Waals surface area contributed by atoms with Gasteiger partial charge in [0.25, 0.3) is 0 Å². The standard InChI is InChI=1S/C16H12BrN3.C10H9N3.C6H4BrI/c17-13-6-5-7-14(12-13)20(15-8-1-3-10-18-15)16-9-2-4-11-19-16;1-3-7-11-9(5-1)13-10-6-2-4-8-12-10;7-5-2-1-3-6(8)4-5/h1-12H;1-8H,(H,11,12,13);1-4H. The summed E-state index contributed by atoms with van der Waals surface area (Å²) < 4.78 is 3.42. The number of hydrogen-bond donors (Lipinski definition) is 1. The zero-order valence-electron chi connectivity index (χ0n) is 21.7. The molecule has 204 valence electrons. The lowest BCUT2D eigenvalue weighted by Crippen LogP contribution is -2.12. The summed E-state index contributed by atoms with van der Waals surface area (Å²) in [5.41, 5.74) is 1.01. The highest BCUT2D eigenvalue weighted by molar-refractivity contribution is 14.1. The molecule has 6 rings (SSSR count). The highest BCUT2D eigenvalue weighted by Gasteiger charge is 2.13. The molecule has 0 amide bonds. The Morgan fingerprint density at radius 1 is 0.512 bits per heavy atom. The van der Waals surface area contributed by atoms with Crippen molar-refractivity contribution in [2.24, 2.45) is 0 Å². The van der Waals surface area contributed by atoms with Crippen LogP contribution in [0.3, 0.4) is 0 Å². The van der Waals surface area contributed by atoms with E-state index >= 15 is 0 Å². The third-order valence-electron chi connectivity index (χ3n) is 5.20. The molecule has 41 heavy (non-hydrogen) atoms. The normalized spacial score (nSPS) is 9.83. The summed E-state index contributed by atoms with van der Waals surface area (Å²) in [5, 5.41) is 3.08. The smallest absolute Gasteiger partial charge is 0.138 e. The maximum absolute atomic E-state index is 4.43. The first-order valence-electron chi connectivity index (χ1n) is 12.5. The summed E-state index contributed by atoms with van der Waals surface area (Å²) in [7, 11) is 0. The van der Waals surface area contributed by atoms with E-state index in [-0.39, 0.29) is 0 Å². The Hall–Kier alpha value is -3.67. The zero-order chi connectivity index (χ0) is 28.7. The lowest BCUT2D eigenvalue weighted by molar-refractivity contribution is 1.12. The maximum Gasteiger partial charge on any atom is 0.138 e. The van der Waals surface area contributed by atoms with E-state index in [0.717, 1.165) is 37.9 Å². The second-order valence-electron chi connectivity index (χ2n) is 8.19. The molecular formula is C32H25Br2IN6. The van der Waals surface area contributed by atoms with E-state index in [0.29, 0.717) is 0 Å². The topological polar surface area (TPSA) is 66.8 Å². The van der Waals surface area contributed by atoms with Gasteiger partial charge in [-0.2, -0.15) is 0 Å². The van der Waals surface area contributed by atoms with Crippen molar-refractivity contribution in [3.63, 3.8) is 0 Å². The Bertz CT molecular complexity index is 1500. The minimum absolute atomic E-state index is 0.807. The highest BCUT2D eigenvalue weighted by Crippen LogP contribution is 2.32. The number of benzene rings is 2. The molecule has 0 spiro atoms. The molecule has 0 saturated carbocycles. The Labute approximate surface area is 270 Å². The van der Waals surface area contributed by atoms with Crippen LogP contribution in [0.15, 0.2) is 155 Å². The van der Waals surface area contributed by atoms with E-state index in [1.54, 1.807) is 24.8 Å². The van der Waals surface area contributed by atoms with Crippen LogP contribution in [0.25, 0.3) is 0 Å². The van der Waals surface area contributed by atoms with Gasteiger partial charge in [0, 0.05) is 37.3 Å². The summed E-state index contributed by atoms with van der Waals surface area (Å²) in [6.07, 6.45) is 7.04. The molecule has 0 unspecified atom stereocenters. The molecule has 2 aromatic carbocycles. The fraction of sp³-hybridized carbons (Fsp3) is 0. The Balaban J connectivity index is 0.000000158. The SMILES string of the molecule is Brc1cccc(I)c1.Brc1cccc(N(c2ccccn2)c2ccccn2)c1.c1ccc(Nc2ccccn2)nc1. The second kappa shape index (κ2) is 16.6. The van der Waals surface area contributed by atoms with Gasteiger partial charge in [-0.05, 0) is 108 Å². The fourth-order valence-electron chi connectivity index (χ4n) is 3.43. The van der Waals surface area contributed by atoms with E-state index in [9.17, 15) is 0 Å². The molecule has 4 heterocycles. The maximum atomic E-state index is 4.43. The van der Waals surface area contributed by atoms with Gasteiger partial charge in [0.2, 0.25) is 0 Å². The minimum Gasteiger partial charge on any atom is -0.325 e. The van der Waals surface area contributed by atoms with Gasteiger partial charge in [-0.25, -0.2) is 19.9 Å². The number of rotatable bonds is 5. The van der Waals surface area contributed by atoms with Crippen LogP contribution < -0.4 is 10.2 Å². The number of anilines is 5. The first-order chi connectivity index (χ1) is 20.1. The first kappa shape index (κ1) is 30.3. The first-order valence-corrected chi connectivity index (χ1v) is 15.1. The largest absolute Gasteiger partial charge is 0.325 e. The number of nitrogens with one attached hydrogen (secondary N) is 1. The van der Waals surface area contributed by atoms with Crippen molar-refractivity contribution >= 4 is 83.4 Å². The van der Waals surface area contributed by atoms with Gasteiger partial charge in [-0.1, -0.05) is 68.3 Å². The van der Waals surface area contributed by atoms with E-state index in [4.69, 9.17) is 0 Å². The number of halogens is 3. The average Bonchev–Trinajstić information content (AvgIpc) is 3.00. The van der Waals surface area contributed by atoms with E-state index in [1.807, 2.05) is 114 Å². The average molecular weight is 780 g/mol. The van der Waals surface area contributed by atoms with Crippen LogP contribution in [0.5, 0.6) is 0 Å². The van der Waals surface area contributed by atoms with Crippen molar-refractivity contribution in [1.82, 2.24) is 19.9 Å². The monoisotopic (exact) mass is 778 g/mol. The Morgan fingerprint density at radius 2 is 1.00 bits per heavy atom. The van der Waals surface area contributed by atoms with Crippen LogP contribution >= 0.6 is 54.5 Å². The van der Waals surface area contributed by atoms with Crippen LogP contribution in [-0.4, -0.2) is 19.9 Å². The molecule has 0 atom stereocenters. The molecule has 4 aromatic heterocycles. The highest BCUT2D eigenvalue weighted by atomic mass is 127. The van der Waals surface area contributed by atoms with Crippen LogP contribution in [0.4, 0.5) is 29.0 Å². The van der Waals surface area contributed by atoms with Gasteiger partial charge >= 0.3 is 0 Å². The van der Waals surface area contributed by atoms with Gasteiger partial charge in [-0.15, -0.1) is 0 Å². The summed E-state index contributed by atoms with van der Waals surface area (Å²) in [6, 6.07) is 39.3. The van der Waals surface area contributed by atoms with Gasteiger partial charge in [0.15, 0.2) is 0 Å². The van der Waals surface area contributed by atoms with Crippen LogP contribution in [0.1, 0.15) is 0 Å². The lowest BCUT2D eigenvalue weighted by atomic mass is 10.2. The van der Waals surface area contributed by atoms with Gasteiger partial charge in [0.1, 0.15) is 23.3 Å². The molecule has 0 aliphatic rings. The van der Waals surface area contributed by atoms with E-state index in [2.05, 4.69) is 91.8 Å². The Morgan fingerprint density at radius 3 is 1.39 bits per heavy atom. The molecular weight excluding hydrogens is 755 g/mol. The number of nitrogens with zero attached hydrogens (tertiary/aromatic N) is 5. The van der Waals surface area contributed by atoms with Crippen LogP contribution in [0, 0.1) is 3.57 Å². The number of hydrogen-bond acceptors (Lipinski definition) is 6. The molecule has 6 nitrogen and oxygen atoms in total. The molecule has 0 saturated heterocycles. The Kier molecular flexibility index (Phi) is 12.2. The van der Waals surface area contributed by atoms with Crippen LogP contribution in [-0.2, 0) is 0 Å². The van der Waals surface area contributed by atoms with E-state index in [1.165, 1.54) is 3.57 Å². The second-order valence-corrected chi connectivity index (χ2v) is 11.3. The summed E-state index contributed by atoms with van der Waals surface area (Å²) in [5.74, 6) is 3.29. The zero-order valence-corrected chi connectivity index (χ0v) is 27.1. The third-order valence-corrected chi connectivity index (χ3v) is 6.85. The van der Waals surface area contributed by atoms with E-state index < -0.39 is 0 Å². The van der Waals surface area contributed by atoms with Crippen LogP contribution in [0.2, 0.25) is 0 Å². The lowest BCUT2D eigenvalue weighted by Gasteiger charge is -2.22. The minimum atomic E-state index is 0.807. The summed E-state index contributed by atoms with van der Waals surface area (Å²) in [4.78, 5) is 19.1. The number of pyridine rings is 4. The molecule has 0 bridgehead atoms. The van der Waals surface area contributed by atoms with Crippen molar-refractivity contribution in [2.75, 3.05) is 10.2 Å². The summed E-state index contributed by atoms with van der Waals surface area (Å²) in [6.45, 7) is 0. The molecule has 0 aliphatic carbocycles. The molecule has 6 aromatic rings. The van der Waals surface area contributed by atoms with Crippen molar-refractivity contribution in [3.8, 4) is 0 Å². The molecule has 9 heteroatoms. The quantitative estimate of drug-likeness (QED) is 0.176. The fourth-order valence-corrected chi connectivity index (χ4v) is 5.19. The van der Waals surface area contributed by atoms with Gasteiger partial charge < -0.3 is 5.32 Å². The molecule has 0 fully saturated rings. The van der Waals surface area contributed by atoms with Crippen molar-refractivity contribution in [2.45, 2.75) is 0 Å². The predicted octanol–water partition coefficient (Wildman–Crippen LogP) is 9.98. The van der Waals surface area contributed by atoms with Crippen molar-refractivity contribution in [3.05, 3.63) is 159 Å². The van der Waals surface area contributed by atoms with Gasteiger partial charge in [-0.3, -0.25) is 4.90 Å². The van der Waals surface area contributed by atoms with Gasteiger partial charge in [0.05, 0.1) is 5.69 Å². The van der Waals surface area contributed by atoms with Crippen molar-refractivity contribution in [1.29, 1.82) is 0 Å². The molecule has 0 aliphatic heterocycles. The molecule has 0 radical (unpaired) electrons. The predicted molar refractivity (Wildman–Crippen MR) is 183 cm³/mol. The third kappa shape index (κ3) is 10.3. The number of aromatic nitrogens is 4. The summed E-state index contributed by atoms with van der Waals surface area (Å²) >= 11 is 9.14. The van der Waals surface area contributed by atoms with Crippen molar-refractivity contribution < 1.29 is 0 Å². The molecule has 1 N–H and O–H groups in total.